The number of aryl methyl sites for hydroxylation is 2. The largest absolute Gasteiger partial charge is 0.346 e. The first-order valence-corrected chi connectivity index (χ1v) is 6.57. The molecule has 0 saturated carbocycles. The second-order valence-electron chi connectivity index (χ2n) is 4.88. The Balaban J connectivity index is 2.37. The molecule has 90 valence electrons. The number of halogens is 1. The van der Waals surface area contributed by atoms with Gasteiger partial charge < -0.3 is 10.3 Å². The highest BCUT2D eigenvalue weighted by Crippen LogP contribution is 2.39. The predicted molar refractivity (Wildman–Crippen MR) is 72.7 cm³/mol. The fourth-order valence-electron chi connectivity index (χ4n) is 3.24. The molecule has 0 spiro atoms. The number of hydrogen-bond donors (Lipinski definition) is 1. The Morgan fingerprint density at radius 1 is 1.47 bits per heavy atom. The molecule has 2 N–H and O–H groups in total. The number of nitrogens with zero attached hydrogens (tertiary/aromatic N) is 1. The van der Waals surface area contributed by atoms with Crippen LogP contribution in [0.3, 0.4) is 0 Å². The van der Waals surface area contributed by atoms with Crippen LogP contribution in [0, 0.1) is 0 Å². The highest BCUT2D eigenvalue weighted by atomic mass is 35.5. The Morgan fingerprint density at radius 3 is 3.06 bits per heavy atom. The normalized spacial score (nSPS) is 19.6. The molecule has 1 heterocycles. The van der Waals surface area contributed by atoms with Crippen molar-refractivity contribution in [1.29, 1.82) is 0 Å². The molecule has 1 aromatic carbocycles. The molecule has 0 amide bonds. The van der Waals surface area contributed by atoms with Gasteiger partial charge in [-0.3, -0.25) is 0 Å². The van der Waals surface area contributed by atoms with Gasteiger partial charge in [0.05, 0.1) is 10.5 Å². The van der Waals surface area contributed by atoms with Crippen LogP contribution in [0.5, 0.6) is 0 Å². The Kier molecular flexibility index (Phi) is 2.64. The second-order valence-corrected chi connectivity index (χ2v) is 5.29. The summed E-state index contributed by atoms with van der Waals surface area (Å²) in [4.78, 5) is 0. The van der Waals surface area contributed by atoms with Crippen molar-refractivity contribution < 1.29 is 0 Å². The zero-order valence-electron chi connectivity index (χ0n) is 10.0. The van der Waals surface area contributed by atoms with Gasteiger partial charge in [-0.15, -0.1) is 0 Å². The van der Waals surface area contributed by atoms with Crippen molar-refractivity contribution in [2.75, 3.05) is 6.54 Å². The molecule has 2 nitrogen and oxygen atoms in total. The third-order valence-electron chi connectivity index (χ3n) is 3.97. The molecule has 0 radical (unpaired) electrons. The van der Waals surface area contributed by atoms with Gasteiger partial charge in [0.15, 0.2) is 0 Å². The van der Waals surface area contributed by atoms with E-state index in [0.29, 0.717) is 5.92 Å². The van der Waals surface area contributed by atoms with Crippen molar-refractivity contribution in [2.45, 2.75) is 25.2 Å². The van der Waals surface area contributed by atoms with Crippen molar-refractivity contribution in [3.05, 3.63) is 34.5 Å². The van der Waals surface area contributed by atoms with Gasteiger partial charge in [0, 0.05) is 30.6 Å². The lowest BCUT2D eigenvalue weighted by molar-refractivity contribution is 0.534. The Morgan fingerprint density at radius 2 is 2.29 bits per heavy atom. The fourth-order valence-corrected chi connectivity index (χ4v) is 3.54. The Labute approximate surface area is 106 Å². The van der Waals surface area contributed by atoms with Crippen LogP contribution < -0.4 is 5.73 Å². The highest BCUT2D eigenvalue weighted by Gasteiger charge is 2.26. The van der Waals surface area contributed by atoms with Crippen molar-refractivity contribution >= 4 is 22.5 Å². The molecule has 2 aromatic rings. The summed E-state index contributed by atoms with van der Waals surface area (Å²) in [5, 5.41) is 2.16. The van der Waals surface area contributed by atoms with Crippen molar-refractivity contribution in [1.82, 2.24) is 4.57 Å². The molecular weight excluding hydrogens is 232 g/mol. The van der Waals surface area contributed by atoms with Gasteiger partial charge in [0.25, 0.3) is 0 Å². The van der Waals surface area contributed by atoms with Crippen molar-refractivity contribution in [3.8, 4) is 0 Å². The lowest BCUT2D eigenvalue weighted by atomic mass is 9.87. The molecule has 17 heavy (non-hydrogen) atoms. The first-order valence-electron chi connectivity index (χ1n) is 6.19. The standard InChI is InChI=1S/C14H17ClN2/c1-17-13-9(8-16)4-2-5-10(13)11-6-3-7-12(15)14(11)17/h3,6-7,9H,2,4-5,8,16H2,1H3. The van der Waals surface area contributed by atoms with E-state index in [2.05, 4.69) is 17.7 Å². The molecule has 0 aliphatic heterocycles. The van der Waals surface area contributed by atoms with E-state index >= 15 is 0 Å². The molecule has 1 aromatic heterocycles. The van der Waals surface area contributed by atoms with E-state index in [-0.39, 0.29) is 0 Å². The van der Waals surface area contributed by atoms with Crippen LogP contribution in [0.1, 0.15) is 30.0 Å². The highest BCUT2D eigenvalue weighted by molar-refractivity contribution is 6.35. The van der Waals surface area contributed by atoms with E-state index in [9.17, 15) is 0 Å². The molecule has 0 fully saturated rings. The minimum absolute atomic E-state index is 0.493. The zero-order valence-corrected chi connectivity index (χ0v) is 10.8. The summed E-state index contributed by atoms with van der Waals surface area (Å²) in [5.74, 6) is 0.493. The maximum atomic E-state index is 6.32. The molecule has 3 heteroatoms. The van der Waals surface area contributed by atoms with Gasteiger partial charge in [-0.05, 0) is 30.9 Å². The SMILES string of the molecule is Cn1c2c(c3cccc(Cl)c31)CCCC2CN. The summed E-state index contributed by atoms with van der Waals surface area (Å²) in [6.07, 6.45) is 3.59. The van der Waals surface area contributed by atoms with Crippen LogP contribution in [0.2, 0.25) is 5.02 Å². The van der Waals surface area contributed by atoms with Gasteiger partial charge in [-0.1, -0.05) is 23.7 Å². The molecule has 1 atom stereocenters. The number of para-hydroxylation sites is 1. The molecular formula is C14H17ClN2. The topological polar surface area (TPSA) is 30.9 Å². The lowest BCUT2D eigenvalue weighted by Gasteiger charge is -2.23. The second kappa shape index (κ2) is 4.04. The summed E-state index contributed by atoms with van der Waals surface area (Å²) in [5.41, 5.74) is 9.94. The van der Waals surface area contributed by atoms with E-state index in [0.717, 1.165) is 18.0 Å². The summed E-state index contributed by atoms with van der Waals surface area (Å²) >= 11 is 6.32. The number of hydrogen-bond acceptors (Lipinski definition) is 1. The molecule has 1 unspecified atom stereocenters. The smallest absolute Gasteiger partial charge is 0.0672 e. The third-order valence-corrected chi connectivity index (χ3v) is 4.27. The summed E-state index contributed by atoms with van der Waals surface area (Å²) in [6.45, 7) is 0.731. The van der Waals surface area contributed by atoms with Gasteiger partial charge in [0.2, 0.25) is 0 Å². The fraction of sp³-hybridized carbons (Fsp3) is 0.429. The van der Waals surface area contributed by atoms with Crippen LogP contribution in [0.25, 0.3) is 10.9 Å². The maximum Gasteiger partial charge on any atom is 0.0672 e. The molecule has 1 aliphatic carbocycles. The molecule has 0 bridgehead atoms. The summed E-state index contributed by atoms with van der Waals surface area (Å²) in [7, 11) is 2.11. The molecule has 1 aliphatic rings. The first kappa shape index (κ1) is 11.1. The van der Waals surface area contributed by atoms with Crippen LogP contribution in [-0.4, -0.2) is 11.1 Å². The van der Waals surface area contributed by atoms with Crippen LogP contribution in [0.15, 0.2) is 18.2 Å². The quantitative estimate of drug-likeness (QED) is 0.826. The number of fused-ring (bicyclic) bond motifs is 3. The monoisotopic (exact) mass is 248 g/mol. The molecule has 0 saturated heterocycles. The predicted octanol–water partition coefficient (Wildman–Crippen LogP) is 3.21. The molecule has 3 rings (SSSR count). The summed E-state index contributed by atoms with van der Waals surface area (Å²) < 4.78 is 2.25. The average Bonchev–Trinajstić information content (AvgIpc) is 2.65. The summed E-state index contributed by atoms with van der Waals surface area (Å²) in [6, 6.07) is 6.18. The first-order chi connectivity index (χ1) is 8.24. The van der Waals surface area contributed by atoms with E-state index in [4.69, 9.17) is 17.3 Å². The van der Waals surface area contributed by atoms with Crippen LogP contribution in [0.4, 0.5) is 0 Å². The van der Waals surface area contributed by atoms with Gasteiger partial charge >= 0.3 is 0 Å². The third kappa shape index (κ3) is 1.51. The van der Waals surface area contributed by atoms with Crippen LogP contribution in [-0.2, 0) is 13.5 Å². The lowest BCUT2D eigenvalue weighted by Crippen LogP contribution is -2.20. The van der Waals surface area contributed by atoms with Gasteiger partial charge in [-0.2, -0.15) is 0 Å². The Hall–Kier alpha value is -0.990. The zero-order chi connectivity index (χ0) is 12.0. The number of rotatable bonds is 1. The van der Waals surface area contributed by atoms with Gasteiger partial charge in [0.1, 0.15) is 0 Å². The van der Waals surface area contributed by atoms with E-state index in [1.54, 1.807) is 0 Å². The minimum atomic E-state index is 0.493. The number of benzene rings is 1. The van der Waals surface area contributed by atoms with E-state index < -0.39 is 0 Å². The number of nitrogens with two attached hydrogens (primary N) is 1. The minimum Gasteiger partial charge on any atom is -0.346 e. The number of aromatic nitrogens is 1. The average molecular weight is 249 g/mol. The maximum absolute atomic E-state index is 6.32. The van der Waals surface area contributed by atoms with Crippen molar-refractivity contribution in [3.63, 3.8) is 0 Å². The van der Waals surface area contributed by atoms with Crippen LogP contribution >= 0.6 is 11.6 Å². The van der Waals surface area contributed by atoms with Crippen molar-refractivity contribution in [2.24, 2.45) is 12.8 Å². The van der Waals surface area contributed by atoms with E-state index in [1.165, 1.54) is 35.0 Å². The van der Waals surface area contributed by atoms with E-state index in [1.807, 2.05) is 12.1 Å². The Bertz CT molecular complexity index is 571. The van der Waals surface area contributed by atoms with Gasteiger partial charge in [-0.25, -0.2) is 0 Å².